The normalized spacial score (nSPS) is 13.2. The number of pyridine rings is 1. The van der Waals surface area contributed by atoms with E-state index >= 15 is 0 Å². The third-order valence-electron chi connectivity index (χ3n) is 3.07. The molecule has 0 N–H and O–H groups in total. The SMILES string of the molecule is Cc1ccccc1OCc1c(N2N=NC2=O)ccnc1I. The number of carbonyl (C=O) groups excluding carboxylic acids is 1. The molecule has 2 amide bonds. The number of halogens is 1. The van der Waals surface area contributed by atoms with Crippen LogP contribution in [0.1, 0.15) is 11.1 Å². The summed E-state index contributed by atoms with van der Waals surface area (Å²) in [6.07, 6.45) is 1.63. The highest BCUT2D eigenvalue weighted by molar-refractivity contribution is 14.1. The number of amides is 2. The van der Waals surface area contributed by atoms with Gasteiger partial charge in [0.2, 0.25) is 0 Å². The molecule has 0 saturated carbocycles. The van der Waals surface area contributed by atoms with Gasteiger partial charge in [-0.15, -0.1) is 0 Å². The van der Waals surface area contributed by atoms with E-state index in [-0.39, 0.29) is 6.03 Å². The van der Waals surface area contributed by atoms with Crippen LogP contribution in [0.2, 0.25) is 0 Å². The Bertz CT molecular complexity index is 733. The van der Waals surface area contributed by atoms with Crippen LogP contribution in [-0.2, 0) is 6.61 Å². The zero-order valence-corrected chi connectivity index (χ0v) is 13.3. The molecule has 2 heterocycles. The summed E-state index contributed by atoms with van der Waals surface area (Å²) in [5, 5.41) is 8.35. The van der Waals surface area contributed by atoms with Crippen LogP contribution in [0.25, 0.3) is 0 Å². The summed E-state index contributed by atoms with van der Waals surface area (Å²) in [5.74, 6) is 0.805. The minimum absolute atomic E-state index is 0.311. The Kier molecular flexibility index (Phi) is 3.82. The fourth-order valence-corrected chi connectivity index (χ4v) is 2.53. The van der Waals surface area contributed by atoms with Gasteiger partial charge in [0.1, 0.15) is 16.1 Å². The highest BCUT2D eigenvalue weighted by Gasteiger charge is 2.27. The zero-order chi connectivity index (χ0) is 14.8. The first-order valence-corrected chi connectivity index (χ1v) is 7.32. The van der Waals surface area contributed by atoms with Gasteiger partial charge in [-0.05, 0) is 47.2 Å². The predicted molar refractivity (Wildman–Crippen MR) is 85.2 cm³/mol. The number of urea groups is 1. The quantitative estimate of drug-likeness (QED) is 0.584. The predicted octanol–water partition coefficient (Wildman–Crippen LogP) is 3.88. The molecule has 6 nitrogen and oxygen atoms in total. The van der Waals surface area contributed by atoms with E-state index in [0.717, 1.165) is 20.6 Å². The molecule has 21 heavy (non-hydrogen) atoms. The van der Waals surface area contributed by atoms with Gasteiger partial charge in [-0.2, -0.15) is 5.01 Å². The highest BCUT2D eigenvalue weighted by Crippen LogP contribution is 2.29. The van der Waals surface area contributed by atoms with Crippen molar-refractivity contribution in [1.82, 2.24) is 4.98 Å². The van der Waals surface area contributed by atoms with E-state index in [1.807, 2.05) is 31.2 Å². The lowest BCUT2D eigenvalue weighted by molar-refractivity contribution is 0.245. The van der Waals surface area contributed by atoms with Gasteiger partial charge in [-0.3, -0.25) is 0 Å². The minimum atomic E-state index is -0.380. The maximum absolute atomic E-state index is 11.4. The van der Waals surface area contributed by atoms with Crippen LogP contribution in [0.4, 0.5) is 10.5 Å². The molecule has 0 radical (unpaired) electrons. The number of para-hydroxylation sites is 1. The van der Waals surface area contributed by atoms with Crippen LogP contribution in [0, 0.1) is 10.6 Å². The Morgan fingerprint density at radius 2 is 2.10 bits per heavy atom. The van der Waals surface area contributed by atoms with E-state index < -0.39 is 0 Å². The first-order valence-electron chi connectivity index (χ1n) is 6.24. The molecule has 1 aromatic heterocycles. The van der Waals surface area contributed by atoms with Crippen molar-refractivity contribution >= 4 is 34.3 Å². The van der Waals surface area contributed by atoms with Gasteiger partial charge < -0.3 is 4.74 Å². The summed E-state index contributed by atoms with van der Waals surface area (Å²) in [4.78, 5) is 15.7. The van der Waals surface area contributed by atoms with Crippen molar-refractivity contribution in [2.45, 2.75) is 13.5 Å². The molecule has 0 bridgehead atoms. The standard InChI is InChI=1S/C14H11IN4O2/c1-9-4-2-3-5-12(9)21-8-10-11(6-7-16-13(10)15)19-14(20)17-18-19/h2-7H,8H2,1H3. The molecule has 1 aromatic carbocycles. The van der Waals surface area contributed by atoms with Crippen LogP contribution in [0.5, 0.6) is 5.75 Å². The Balaban J connectivity index is 1.87. The second-order valence-corrected chi connectivity index (χ2v) is 5.46. The van der Waals surface area contributed by atoms with E-state index in [4.69, 9.17) is 4.74 Å². The number of benzene rings is 1. The molecule has 0 atom stereocenters. The first-order chi connectivity index (χ1) is 10.2. The second kappa shape index (κ2) is 5.76. The largest absolute Gasteiger partial charge is 0.488 e. The van der Waals surface area contributed by atoms with Gasteiger partial charge in [0.15, 0.2) is 0 Å². The second-order valence-electron chi connectivity index (χ2n) is 4.44. The van der Waals surface area contributed by atoms with E-state index in [1.165, 1.54) is 5.01 Å². The van der Waals surface area contributed by atoms with E-state index in [9.17, 15) is 4.79 Å². The van der Waals surface area contributed by atoms with Crippen molar-refractivity contribution in [2.75, 3.05) is 5.01 Å². The van der Waals surface area contributed by atoms with E-state index in [2.05, 4.69) is 37.9 Å². The lowest BCUT2D eigenvalue weighted by atomic mass is 10.2. The van der Waals surface area contributed by atoms with Gasteiger partial charge >= 0.3 is 6.03 Å². The average Bonchev–Trinajstić information content (AvgIpc) is 2.47. The van der Waals surface area contributed by atoms with Crippen molar-refractivity contribution < 1.29 is 9.53 Å². The van der Waals surface area contributed by atoms with Gasteiger partial charge in [0, 0.05) is 11.8 Å². The molecular weight excluding hydrogens is 383 g/mol. The van der Waals surface area contributed by atoms with Crippen LogP contribution in [-0.4, -0.2) is 11.0 Å². The number of hydrogen-bond acceptors (Lipinski definition) is 4. The number of nitrogens with zero attached hydrogens (tertiary/aromatic N) is 4. The Morgan fingerprint density at radius 1 is 1.29 bits per heavy atom. The fraction of sp³-hybridized carbons (Fsp3) is 0.143. The summed E-state index contributed by atoms with van der Waals surface area (Å²) < 4.78 is 6.62. The van der Waals surface area contributed by atoms with Crippen LogP contribution < -0.4 is 9.75 Å². The maximum atomic E-state index is 11.4. The third kappa shape index (κ3) is 2.73. The van der Waals surface area contributed by atoms with Gasteiger partial charge in [0.05, 0.1) is 5.69 Å². The average molecular weight is 394 g/mol. The third-order valence-corrected chi connectivity index (χ3v) is 4.00. The van der Waals surface area contributed by atoms with Crippen LogP contribution in [0.3, 0.4) is 0 Å². The molecule has 0 fully saturated rings. The molecule has 1 aliphatic heterocycles. The highest BCUT2D eigenvalue weighted by atomic mass is 127. The van der Waals surface area contributed by atoms with E-state index in [1.54, 1.807) is 12.3 Å². The van der Waals surface area contributed by atoms with Gasteiger partial charge in [-0.1, -0.05) is 28.5 Å². The number of carbonyl (C=O) groups is 1. The molecule has 0 spiro atoms. The minimum Gasteiger partial charge on any atom is -0.488 e. The number of ether oxygens (including phenoxy) is 1. The molecule has 1 aliphatic rings. The Labute approximate surface area is 135 Å². The fourth-order valence-electron chi connectivity index (χ4n) is 1.93. The topological polar surface area (TPSA) is 67.2 Å². The molecule has 0 saturated heterocycles. The number of aryl methyl sites for hydroxylation is 1. The summed E-state index contributed by atoms with van der Waals surface area (Å²) in [7, 11) is 0. The summed E-state index contributed by atoms with van der Waals surface area (Å²) >= 11 is 2.12. The Hall–Kier alpha value is -2.03. The van der Waals surface area contributed by atoms with Crippen molar-refractivity contribution in [3.63, 3.8) is 0 Å². The number of hydrogen-bond donors (Lipinski definition) is 0. The monoisotopic (exact) mass is 394 g/mol. The molecule has 0 aliphatic carbocycles. The molecular formula is C14H11IN4O2. The maximum Gasteiger partial charge on any atom is 0.390 e. The summed E-state index contributed by atoms with van der Waals surface area (Å²) in [6.45, 7) is 2.29. The van der Waals surface area contributed by atoms with Crippen LogP contribution >= 0.6 is 22.6 Å². The molecule has 106 valence electrons. The van der Waals surface area contributed by atoms with Crippen molar-refractivity contribution in [1.29, 1.82) is 0 Å². The Morgan fingerprint density at radius 3 is 2.76 bits per heavy atom. The van der Waals surface area contributed by atoms with Gasteiger partial charge in [-0.25, -0.2) is 9.78 Å². The number of rotatable bonds is 4. The summed E-state index contributed by atoms with van der Waals surface area (Å²) in [6, 6.07) is 9.12. The first kappa shape index (κ1) is 13.9. The van der Waals surface area contributed by atoms with Crippen LogP contribution in [0.15, 0.2) is 46.9 Å². The van der Waals surface area contributed by atoms with Crippen molar-refractivity contribution in [3.8, 4) is 5.75 Å². The van der Waals surface area contributed by atoms with Crippen molar-refractivity contribution in [2.24, 2.45) is 10.3 Å². The van der Waals surface area contributed by atoms with Gasteiger partial charge in [0.25, 0.3) is 0 Å². The summed E-state index contributed by atoms with van der Waals surface area (Å²) in [5.41, 5.74) is 2.52. The molecule has 0 unspecified atom stereocenters. The van der Waals surface area contributed by atoms with E-state index in [0.29, 0.717) is 12.3 Å². The molecule has 7 heteroatoms. The molecule has 3 rings (SSSR count). The lowest BCUT2D eigenvalue weighted by Crippen LogP contribution is -2.30. The zero-order valence-electron chi connectivity index (χ0n) is 11.2. The number of aromatic nitrogens is 1. The van der Waals surface area contributed by atoms with Crippen molar-refractivity contribution in [3.05, 3.63) is 51.4 Å². The lowest BCUT2D eigenvalue weighted by Gasteiger charge is -2.22. The smallest absolute Gasteiger partial charge is 0.390 e. The number of anilines is 1. The molecule has 2 aromatic rings.